The lowest BCUT2D eigenvalue weighted by molar-refractivity contribution is 0.452. The van der Waals surface area contributed by atoms with Gasteiger partial charge in [-0.05, 0) is 12.1 Å². The summed E-state index contributed by atoms with van der Waals surface area (Å²) in [4.78, 5) is 0. The molecule has 2 aromatic rings. The number of phenolic OH excluding ortho intramolecular Hbond substituents is 2. The third kappa shape index (κ3) is 2.54. The molecule has 0 radical (unpaired) electrons. The average Bonchev–Trinajstić information content (AvgIpc) is 2.75. The van der Waals surface area contributed by atoms with Crippen molar-refractivity contribution in [3.05, 3.63) is 30.9 Å². The van der Waals surface area contributed by atoms with Crippen LogP contribution >= 0.6 is 11.3 Å². The standard InChI is InChI=1S/C11H11N3O2S/c1-2-5-12-11-14-13-10(17-11)8-4-3-7(15)6-9(8)16/h2-4,6,15-16H,1,5H2,(H,12,14). The number of benzene rings is 1. The molecule has 0 aliphatic rings. The molecule has 0 unspecified atom stereocenters. The third-order valence-electron chi connectivity index (χ3n) is 2.03. The fourth-order valence-electron chi connectivity index (χ4n) is 1.26. The summed E-state index contributed by atoms with van der Waals surface area (Å²) >= 11 is 1.32. The van der Waals surface area contributed by atoms with E-state index < -0.39 is 0 Å². The number of nitrogens with zero attached hydrogens (tertiary/aromatic N) is 2. The van der Waals surface area contributed by atoms with E-state index >= 15 is 0 Å². The van der Waals surface area contributed by atoms with Crippen LogP contribution in [0, 0.1) is 0 Å². The van der Waals surface area contributed by atoms with Crippen LogP contribution in [-0.4, -0.2) is 27.0 Å². The Kier molecular flexibility index (Phi) is 3.24. The summed E-state index contributed by atoms with van der Waals surface area (Å²) in [6, 6.07) is 4.36. The molecule has 6 heteroatoms. The smallest absolute Gasteiger partial charge is 0.206 e. The zero-order chi connectivity index (χ0) is 12.3. The summed E-state index contributed by atoms with van der Waals surface area (Å²) in [5.74, 6) is -0.00260. The van der Waals surface area contributed by atoms with Crippen LogP contribution in [0.1, 0.15) is 0 Å². The van der Waals surface area contributed by atoms with Gasteiger partial charge in [-0.15, -0.1) is 16.8 Å². The van der Waals surface area contributed by atoms with E-state index in [0.717, 1.165) is 0 Å². The Morgan fingerprint density at radius 1 is 1.35 bits per heavy atom. The highest BCUT2D eigenvalue weighted by Gasteiger charge is 2.10. The first-order valence-corrected chi connectivity index (χ1v) is 5.73. The molecule has 17 heavy (non-hydrogen) atoms. The average molecular weight is 249 g/mol. The predicted octanol–water partition coefficient (Wildman–Crippen LogP) is 2.21. The second-order valence-corrected chi connectivity index (χ2v) is 4.26. The largest absolute Gasteiger partial charge is 0.508 e. The van der Waals surface area contributed by atoms with E-state index in [1.165, 1.54) is 23.5 Å². The summed E-state index contributed by atoms with van der Waals surface area (Å²) in [5, 5.41) is 31.0. The van der Waals surface area contributed by atoms with Crippen molar-refractivity contribution in [1.82, 2.24) is 10.2 Å². The Morgan fingerprint density at radius 2 is 2.18 bits per heavy atom. The molecule has 0 saturated heterocycles. The highest BCUT2D eigenvalue weighted by Crippen LogP contribution is 2.34. The van der Waals surface area contributed by atoms with E-state index in [4.69, 9.17) is 0 Å². The monoisotopic (exact) mass is 249 g/mol. The van der Waals surface area contributed by atoms with Gasteiger partial charge in [0, 0.05) is 12.6 Å². The van der Waals surface area contributed by atoms with Crippen molar-refractivity contribution in [3.8, 4) is 22.1 Å². The van der Waals surface area contributed by atoms with E-state index in [2.05, 4.69) is 22.1 Å². The molecular formula is C11H11N3O2S. The van der Waals surface area contributed by atoms with Gasteiger partial charge < -0.3 is 15.5 Å². The Morgan fingerprint density at radius 3 is 2.88 bits per heavy atom. The lowest BCUT2D eigenvalue weighted by Crippen LogP contribution is -1.96. The van der Waals surface area contributed by atoms with E-state index in [0.29, 0.717) is 22.2 Å². The molecule has 0 bridgehead atoms. The van der Waals surface area contributed by atoms with Crippen LogP contribution in [-0.2, 0) is 0 Å². The molecule has 0 fully saturated rings. The maximum atomic E-state index is 9.67. The minimum Gasteiger partial charge on any atom is -0.508 e. The van der Waals surface area contributed by atoms with E-state index in [1.54, 1.807) is 12.1 Å². The molecule has 0 atom stereocenters. The first kappa shape index (κ1) is 11.4. The third-order valence-corrected chi connectivity index (χ3v) is 2.95. The van der Waals surface area contributed by atoms with Crippen LogP contribution in [0.5, 0.6) is 11.5 Å². The molecule has 0 saturated carbocycles. The number of nitrogens with one attached hydrogen (secondary N) is 1. The highest BCUT2D eigenvalue weighted by molar-refractivity contribution is 7.18. The lowest BCUT2D eigenvalue weighted by atomic mass is 10.2. The van der Waals surface area contributed by atoms with Gasteiger partial charge in [-0.1, -0.05) is 17.4 Å². The van der Waals surface area contributed by atoms with E-state index in [9.17, 15) is 10.2 Å². The number of hydrogen-bond donors (Lipinski definition) is 3. The van der Waals surface area contributed by atoms with Gasteiger partial charge in [-0.2, -0.15) is 0 Å². The van der Waals surface area contributed by atoms with Crippen molar-refractivity contribution in [3.63, 3.8) is 0 Å². The molecule has 88 valence electrons. The number of anilines is 1. The zero-order valence-electron chi connectivity index (χ0n) is 8.92. The second kappa shape index (κ2) is 4.84. The minimum absolute atomic E-state index is 0.0146. The van der Waals surface area contributed by atoms with Crippen molar-refractivity contribution in [2.24, 2.45) is 0 Å². The molecule has 3 N–H and O–H groups in total. The summed E-state index contributed by atoms with van der Waals surface area (Å²) < 4.78 is 0. The molecule has 0 amide bonds. The van der Waals surface area contributed by atoms with Gasteiger partial charge in [0.1, 0.15) is 11.5 Å². The maximum absolute atomic E-state index is 9.67. The Balaban J connectivity index is 2.27. The molecule has 1 aromatic carbocycles. The Hall–Kier alpha value is -2.08. The Bertz CT molecular complexity index is 539. The summed E-state index contributed by atoms with van der Waals surface area (Å²) in [7, 11) is 0. The van der Waals surface area contributed by atoms with Crippen molar-refractivity contribution in [2.45, 2.75) is 0 Å². The number of aromatic nitrogens is 2. The van der Waals surface area contributed by atoms with Crippen molar-refractivity contribution >= 4 is 16.5 Å². The van der Waals surface area contributed by atoms with Crippen LogP contribution in [0.4, 0.5) is 5.13 Å². The molecule has 0 aliphatic heterocycles. The maximum Gasteiger partial charge on any atom is 0.206 e. The molecule has 1 aromatic heterocycles. The van der Waals surface area contributed by atoms with Crippen molar-refractivity contribution < 1.29 is 10.2 Å². The van der Waals surface area contributed by atoms with Gasteiger partial charge in [0.05, 0.1) is 5.56 Å². The lowest BCUT2D eigenvalue weighted by Gasteiger charge is -2.00. The predicted molar refractivity (Wildman–Crippen MR) is 67.4 cm³/mol. The van der Waals surface area contributed by atoms with Gasteiger partial charge >= 0.3 is 0 Å². The first-order chi connectivity index (χ1) is 8.20. The Labute approximate surface area is 102 Å². The molecule has 5 nitrogen and oxygen atoms in total. The molecule has 1 heterocycles. The van der Waals surface area contributed by atoms with Gasteiger partial charge in [0.2, 0.25) is 5.13 Å². The second-order valence-electron chi connectivity index (χ2n) is 3.28. The van der Waals surface area contributed by atoms with Crippen LogP contribution in [0.3, 0.4) is 0 Å². The first-order valence-electron chi connectivity index (χ1n) is 4.91. The fourth-order valence-corrected chi connectivity index (χ4v) is 2.05. The summed E-state index contributed by atoms with van der Waals surface area (Å²) in [5.41, 5.74) is 0.548. The minimum atomic E-state index is -0.0172. The van der Waals surface area contributed by atoms with E-state index in [1.807, 2.05) is 0 Å². The molecule has 2 rings (SSSR count). The van der Waals surface area contributed by atoms with E-state index in [-0.39, 0.29) is 11.5 Å². The van der Waals surface area contributed by atoms with Gasteiger partial charge in [-0.3, -0.25) is 0 Å². The molecule has 0 spiro atoms. The van der Waals surface area contributed by atoms with Crippen LogP contribution < -0.4 is 5.32 Å². The van der Waals surface area contributed by atoms with Crippen LogP contribution in [0.2, 0.25) is 0 Å². The highest BCUT2D eigenvalue weighted by atomic mass is 32.1. The van der Waals surface area contributed by atoms with Gasteiger partial charge in [0.25, 0.3) is 0 Å². The zero-order valence-corrected chi connectivity index (χ0v) is 9.74. The topological polar surface area (TPSA) is 78.3 Å². The fraction of sp³-hybridized carbons (Fsp3) is 0.0909. The van der Waals surface area contributed by atoms with Crippen LogP contribution in [0.25, 0.3) is 10.6 Å². The summed E-state index contributed by atoms with van der Waals surface area (Å²) in [6.07, 6.45) is 1.72. The van der Waals surface area contributed by atoms with Gasteiger partial charge in [0.15, 0.2) is 5.01 Å². The number of aromatic hydroxyl groups is 2. The van der Waals surface area contributed by atoms with Crippen LogP contribution in [0.15, 0.2) is 30.9 Å². The van der Waals surface area contributed by atoms with Crippen molar-refractivity contribution in [2.75, 3.05) is 11.9 Å². The normalized spacial score (nSPS) is 10.1. The van der Waals surface area contributed by atoms with Crippen molar-refractivity contribution in [1.29, 1.82) is 0 Å². The number of rotatable bonds is 4. The number of hydrogen-bond acceptors (Lipinski definition) is 6. The molecular weight excluding hydrogens is 238 g/mol. The van der Waals surface area contributed by atoms with Gasteiger partial charge in [-0.25, -0.2) is 0 Å². The summed E-state index contributed by atoms with van der Waals surface area (Å²) in [6.45, 7) is 4.20. The number of phenols is 2. The SMILES string of the molecule is C=CCNc1nnc(-c2ccc(O)cc2O)s1. The quantitative estimate of drug-likeness (QED) is 0.724. The molecule has 0 aliphatic carbocycles.